The average molecular weight is 1170 g/mol. The highest BCUT2D eigenvalue weighted by Crippen LogP contribution is 2.22. The van der Waals surface area contributed by atoms with Gasteiger partial charge in [-0.15, -0.1) is 0 Å². The molecule has 6 atom stereocenters. The van der Waals surface area contributed by atoms with Crippen LogP contribution in [0.1, 0.15) is 210 Å². The van der Waals surface area contributed by atoms with E-state index in [1.807, 2.05) is 91.0 Å². The molecule has 3 aliphatic rings. The van der Waals surface area contributed by atoms with Crippen LogP contribution in [0.15, 0.2) is 91.0 Å². The average Bonchev–Trinajstić information content (AvgIpc) is 3.59. The second kappa shape index (κ2) is 46.9. The minimum atomic E-state index is -0.706. The number of amides is 3. The number of nitrogens with one attached hydrogen (secondary N) is 3. The van der Waals surface area contributed by atoms with E-state index < -0.39 is 18.3 Å². The zero-order valence-electron chi connectivity index (χ0n) is 52.3. The standard InChI is InChI=1S/3C23H38N2O3/c3*1-2-3-4-5-6-7-11-14-22(26)24-21(19-25-15-17-28-18-16-25)23(27)20-12-9-8-10-13-20/h3*8-10,12-13,21,23,27H,2-7,11,14-19H2,1H3,(H,24,26)/t21-,23+;2*21-,23-/m010/s1. The number of benzene rings is 3. The Balaban J connectivity index is 0.000000270. The quantitative estimate of drug-likeness (QED) is 0.0298. The van der Waals surface area contributed by atoms with Crippen LogP contribution in [0.2, 0.25) is 0 Å². The Bertz CT molecular complexity index is 1830. The molecule has 3 amide bonds. The monoisotopic (exact) mass is 1170 g/mol. The van der Waals surface area contributed by atoms with E-state index in [2.05, 4.69) is 51.4 Å². The van der Waals surface area contributed by atoms with E-state index in [9.17, 15) is 29.7 Å². The van der Waals surface area contributed by atoms with Gasteiger partial charge in [0.1, 0.15) is 18.3 Å². The molecular weight excluding hydrogens is 1060 g/mol. The van der Waals surface area contributed by atoms with Crippen LogP contribution < -0.4 is 16.0 Å². The van der Waals surface area contributed by atoms with Crippen molar-refractivity contribution in [2.24, 2.45) is 0 Å². The van der Waals surface area contributed by atoms with Crippen LogP contribution in [-0.2, 0) is 28.6 Å². The summed E-state index contributed by atoms with van der Waals surface area (Å²) in [5.41, 5.74) is 2.53. The molecule has 3 aromatic carbocycles. The predicted octanol–water partition coefficient (Wildman–Crippen LogP) is 11.0. The second-order valence-electron chi connectivity index (χ2n) is 23.4. The summed E-state index contributed by atoms with van der Waals surface area (Å²) in [5, 5.41) is 41.9. The van der Waals surface area contributed by atoms with Gasteiger partial charge in [0.15, 0.2) is 0 Å². The van der Waals surface area contributed by atoms with Crippen molar-refractivity contribution in [2.75, 3.05) is 98.5 Å². The lowest BCUT2D eigenvalue weighted by Crippen LogP contribution is -2.49. The Kier molecular flexibility index (Phi) is 40.3. The summed E-state index contributed by atoms with van der Waals surface area (Å²) in [6.45, 7) is 17.9. The molecule has 0 bridgehead atoms. The summed E-state index contributed by atoms with van der Waals surface area (Å²) in [4.78, 5) is 44.3. The number of hydrogen-bond donors (Lipinski definition) is 6. The maximum Gasteiger partial charge on any atom is 0.220 e. The third-order valence-electron chi connectivity index (χ3n) is 16.3. The normalized spacial score (nSPS) is 17.2. The van der Waals surface area contributed by atoms with Crippen LogP contribution >= 0.6 is 0 Å². The first-order valence-corrected chi connectivity index (χ1v) is 33.1. The van der Waals surface area contributed by atoms with E-state index >= 15 is 0 Å². The van der Waals surface area contributed by atoms with Gasteiger partial charge >= 0.3 is 0 Å². The highest BCUT2D eigenvalue weighted by atomic mass is 16.5. The molecule has 6 rings (SSSR count). The molecule has 474 valence electrons. The van der Waals surface area contributed by atoms with Gasteiger partial charge < -0.3 is 45.5 Å². The van der Waals surface area contributed by atoms with Crippen molar-refractivity contribution in [3.63, 3.8) is 0 Å². The molecular formula is C69H114N6O9. The smallest absolute Gasteiger partial charge is 0.220 e. The molecule has 3 aliphatic heterocycles. The highest BCUT2D eigenvalue weighted by Gasteiger charge is 2.29. The largest absolute Gasteiger partial charge is 0.386 e. The molecule has 84 heavy (non-hydrogen) atoms. The van der Waals surface area contributed by atoms with Gasteiger partial charge in [-0.1, -0.05) is 227 Å². The van der Waals surface area contributed by atoms with Crippen LogP contribution in [0.3, 0.4) is 0 Å². The number of carbonyl (C=O) groups excluding carboxylic acids is 3. The minimum Gasteiger partial charge on any atom is -0.386 e. The van der Waals surface area contributed by atoms with Gasteiger partial charge in [0, 0.05) is 78.2 Å². The molecule has 0 radical (unpaired) electrons. The third kappa shape index (κ3) is 32.4. The maximum absolute atomic E-state index is 12.5. The highest BCUT2D eigenvalue weighted by molar-refractivity contribution is 5.77. The van der Waals surface area contributed by atoms with Crippen molar-refractivity contribution in [1.82, 2.24) is 30.7 Å². The number of rotatable bonds is 39. The van der Waals surface area contributed by atoms with Crippen LogP contribution in [-0.4, -0.2) is 164 Å². The van der Waals surface area contributed by atoms with E-state index in [0.717, 1.165) is 94.5 Å². The van der Waals surface area contributed by atoms with E-state index in [4.69, 9.17) is 14.2 Å². The number of aliphatic hydroxyl groups is 3. The number of nitrogens with zero attached hydrogens (tertiary/aromatic N) is 3. The summed E-state index contributed by atoms with van der Waals surface area (Å²) >= 11 is 0. The zero-order valence-corrected chi connectivity index (χ0v) is 52.3. The van der Waals surface area contributed by atoms with Crippen molar-refractivity contribution in [1.29, 1.82) is 0 Å². The second-order valence-corrected chi connectivity index (χ2v) is 23.4. The van der Waals surface area contributed by atoms with E-state index in [0.29, 0.717) is 78.5 Å². The van der Waals surface area contributed by atoms with Crippen molar-refractivity contribution >= 4 is 17.7 Å². The Morgan fingerprint density at radius 1 is 0.357 bits per heavy atom. The van der Waals surface area contributed by atoms with Crippen LogP contribution in [0.25, 0.3) is 0 Å². The number of carbonyl (C=O) groups is 3. The van der Waals surface area contributed by atoms with Gasteiger partial charge in [-0.25, -0.2) is 0 Å². The molecule has 6 N–H and O–H groups in total. The first-order valence-electron chi connectivity index (χ1n) is 33.1. The van der Waals surface area contributed by atoms with Crippen molar-refractivity contribution < 1.29 is 43.9 Å². The molecule has 3 heterocycles. The first kappa shape index (κ1) is 72.2. The Labute approximate surface area is 507 Å². The van der Waals surface area contributed by atoms with E-state index in [1.165, 1.54) is 96.3 Å². The van der Waals surface area contributed by atoms with Crippen LogP contribution in [0.5, 0.6) is 0 Å². The van der Waals surface area contributed by atoms with Crippen molar-refractivity contribution in [2.45, 2.75) is 211 Å². The van der Waals surface area contributed by atoms with Crippen molar-refractivity contribution in [3.8, 4) is 0 Å². The molecule has 0 aliphatic carbocycles. The summed E-state index contributed by atoms with van der Waals surface area (Å²) in [6.07, 6.45) is 24.6. The molecule has 3 fully saturated rings. The Hall–Kier alpha value is -4.29. The molecule has 3 aromatic rings. The van der Waals surface area contributed by atoms with Gasteiger partial charge in [0.25, 0.3) is 0 Å². The Morgan fingerprint density at radius 3 is 0.798 bits per heavy atom. The van der Waals surface area contributed by atoms with Crippen molar-refractivity contribution in [3.05, 3.63) is 108 Å². The van der Waals surface area contributed by atoms with Crippen LogP contribution in [0, 0.1) is 0 Å². The van der Waals surface area contributed by atoms with Gasteiger partial charge in [-0.2, -0.15) is 0 Å². The van der Waals surface area contributed by atoms with Gasteiger partial charge in [-0.05, 0) is 36.0 Å². The molecule has 0 unspecified atom stereocenters. The lowest BCUT2D eigenvalue weighted by Gasteiger charge is -2.33. The van der Waals surface area contributed by atoms with Gasteiger partial charge in [0.05, 0.1) is 57.8 Å². The van der Waals surface area contributed by atoms with E-state index in [1.54, 1.807) is 0 Å². The number of hydrogen-bond acceptors (Lipinski definition) is 12. The lowest BCUT2D eigenvalue weighted by atomic mass is 10.0. The number of ether oxygens (including phenoxy) is 3. The maximum atomic E-state index is 12.5. The number of unbranched alkanes of at least 4 members (excludes halogenated alkanes) is 18. The molecule has 15 heteroatoms. The molecule has 0 aromatic heterocycles. The lowest BCUT2D eigenvalue weighted by molar-refractivity contribution is -0.124. The topological polar surface area (TPSA) is 185 Å². The predicted molar refractivity (Wildman–Crippen MR) is 340 cm³/mol. The first-order chi connectivity index (χ1) is 41.1. The fourth-order valence-electron chi connectivity index (χ4n) is 11.1. The van der Waals surface area contributed by atoms with Crippen LogP contribution in [0.4, 0.5) is 0 Å². The molecule has 0 saturated carbocycles. The summed E-state index contributed by atoms with van der Waals surface area (Å²) in [6, 6.07) is 27.9. The fraction of sp³-hybridized carbons (Fsp3) is 0.696. The summed E-state index contributed by atoms with van der Waals surface area (Å²) in [7, 11) is 0. The zero-order chi connectivity index (χ0) is 60.1. The molecule has 3 saturated heterocycles. The SMILES string of the molecule is CCCCCCCCCC(=O)N[C@@H](CN1CCOCC1)[C@@H](O)c1ccccc1.CCCCCCCCCC(=O)N[C@@H](CN1CCOCC1)[C@H](O)c1ccccc1.CCCCCCCCCC(=O)N[C@H](CN1CCOCC1)[C@H](O)c1ccccc1. The van der Waals surface area contributed by atoms with Gasteiger partial charge in [-0.3, -0.25) is 29.1 Å². The minimum absolute atomic E-state index is 0.0433. The third-order valence-corrected chi connectivity index (χ3v) is 16.3. The molecule has 15 nitrogen and oxygen atoms in total. The fourth-order valence-corrected chi connectivity index (χ4v) is 11.1. The summed E-state index contributed by atoms with van der Waals surface area (Å²) in [5.74, 6) is 0.130. The number of aliphatic hydroxyl groups excluding tert-OH is 3. The number of morpholine rings is 3. The van der Waals surface area contributed by atoms with Gasteiger partial charge in [0.2, 0.25) is 17.7 Å². The molecule has 0 spiro atoms. The van der Waals surface area contributed by atoms with E-state index in [-0.39, 0.29) is 35.8 Å². The summed E-state index contributed by atoms with van der Waals surface area (Å²) < 4.78 is 16.2. The Morgan fingerprint density at radius 2 is 0.571 bits per heavy atom.